The maximum Gasteiger partial charge on any atom is 0.410 e. The predicted molar refractivity (Wildman–Crippen MR) is 112 cm³/mol. The zero-order chi connectivity index (χ0) is 20.3. The lowest BCUT2D eigenvalue weighted by Crippen LogP contribution is -2.50. The number of nitrogens with zero attached hydrogens (tertiary/aromatic N) is 4. The van der Waals surface area contributed by atoms with Crippen LogP contribution in [-0.2, 0) is 4.74 Å². The molecule has 0 spiro atoms. The van der Waals surface area contributed by atoms with Crippen LogP contribution < -0.4 is 4.90 Å². The van der Waals surface area contributed by atoms with Crippen LogP contribution in [0.1, 0.15) is 32.0 Å². The summed E-state index contributed by atoms with van der Waals surface area (Å²) in [4.78, 5) is 26.6. The number of hydrogen-bond acceptors (Lipinski definition) is 6. The first kappa shape index (κ1) is 20.5. The van der Waals surface area contributed by atoms with E-state index < -0.39 is 5.60 Å². The topological polar surface area (TPSA) is 58.6 Å². The van der Waals surface area contributed by atoms with Gasteiger partial charge in [0.05, 0.1) is 0 Å². The van der Waals surface area contributed by atoms with Crippen molar-refractivity contribution in [3.05, 3.63) is 41.6 Å². The molecule has 0 saturated carbocycles. The summed E-state index contributed by atoms with van der Waals surface area (Å²) in [7, 11) is 0. The van der Waals surface area contributed by atoms with E-state index >= 15 is 0 Å². The molecule has 7 heteroatoms. The highest BCUT2D eigenvalue weighted by molar-refractivity contribution is 7.99. The molecule has 2 heterocycles. The molecular weight excluding hydrogens is 372 g/mol. The second-order valence-electron chi connectivity index (χ2n) is 8.02. The number of carbonyl (C=O) groups is 1. The smallest absolute Gasteiger partial charge is 0.410 e. The number of amides is 1. The fourth-order valence-corrected chi connectivity index (χ4v) is 3.73. The minimum absolute atomic E-state index is 0.257. The molecule has 1 aliphatic heterocycles. The Morgan fingerprint density at radius 2 is 1.68 bits per heavy atom. The minimum atomic E-state index is -0.476. The number of carbonyl (C=O) groups excluding carboxylic acids is 1. The van der Waals surface area contributed by atoms with E-state index in [1.54, 1.807) is 16.7 Å². The minimum Gasteiger partial charge on any atom is -0.444 e. The van der Waals surface area contributed by atoms with Crippen LogP contribution >= 0.6 is 11.8 Å². The zero-order valence-electron chi connectivity index (χ0n) is 17.2. The van der Waals surface area contributed by atoms with E-state index in [4.69, 9.17) is 9.72 Å². The molecular formula is C21H28N4O2S. The third kappa shape index (κ3) is 5.61. The highest BCUT2D eigenvalue weighted by atomic mass is 32.2. The largest absolute Gasteiger partial charge is 0.444 e. The van der Waals surface area contributed by atoms with Crippen molar-refractivity contribution in [3.63, 3.8) is 0 Å². The number of aryl methyl sites for hydroxylation is 2. The van der Waals surface area contributed by atoms with Gasteiger partial charge in [-0.05, 0) is 52.8 Å². The molecule has 0 aliphatic carbocycles. The average Bonchev–Trinajstić information content (AvgIpc) is 2.62. The van der Waals surface area contributed by atoms with Crippen molar-refractivity contribution in [3.8, 4) is 0 Å². The third-order valence-corrected chi connectivity index (χ3v) is 5.20. The van der Waals surface area contributed by atoms with Gasteiger partial charge in [-0.25, -0.2) is 14.8 Å². The first-order chi connectivity index (χ1) is 13.2. The molecule has 0 atom stereocenters. The maximum atomic E-state index is 12.2. The van der Waals surface area contributed by atoms with Crippen LogP contribution in [0.5, 0.6) is 0 Å². The number of aromatic nitrogens is 2. The van der Waals surface area contributed by atoms with Crippen molar-refractivity contribution >= 4 is 23.8 Å². The Hall–Kier alpha value is -2.28. The van der Waals surface area contributed by atoms with Gasteiger partial charge in [-0.1, -0.05) is 29.5 Å². The van der Waals surface area contributed by atoms with Crippen LogP contribution in [0.25, 0.3) is 0 Å². The SMILES string of the molecule is Cc1ccc(Sc2cc(C)nc(N3CCN(C(=O)OC(C)(C)C)CC3)n2)cc1. The Bertz CT molecular complexity index is 825. The molecule has 2 aromatic rings. The van der Waals surface area contributed by atoms with Crippen LogP contribution in [0.2, 0.25) is 0 Å². The Morgan fingerprint density at radius 3 is 2.29 bits per heavy atom. The van der Waals surface area contributed by atoms with E-state index in [-0.39, 0.29) is 6.09 Å². The predicted octanol–water partition coefficient (Wildman–Crippen LogP) is 4.30. The molecule has 1 saturated heterocycles. The van der Waals surface area contributed by atoms with E-state index in [0.717, 1.165) is 21.6 Å². The average molecular weight is 401 g/mol. The van der Waals surface area contributed by atoms with E-state index in [0.29, 0.717) is 26.2 Å². The molecule has 1 fully saturated rings. The monoisotopic (exact) mass is 400 g/mol. The summed E-state index contributed by atoms with van der Waals surface area (Å²) in [6.45, 7) is 12.3. The van der Waals surface area contributed by atoms with E-state index in [1.807, 2.05) is 33.8 Å². The second-order valence-corrected chi connectivity index (χ2v) is 9.11. The molecule has 1 aliphatic rings. The van der Waals surface area contributed by atoms with Gasteiger partial charge in [0.25, 0.3) is 0 Å². The van der Waals surface area contributed by atoms with E-state index in [9.17, 15) is 4.79 Å². The third-order valence-electron chi connectivity index (χ3n) is 4.28. The first-order valence-corrected chi connectivity index (χ1v) is 10.3. The lowest BCUT2D eigenvalue weighted by Gasteiger charge is -2.35. The van der Waals surface area contributed by atoms with Crippen LogP contribution in [-0.4, -0.2) is 52.7 Å². The number of ether oxygens (including phenoxy) is 1. The van der Waals surface area contributed by atoms with Crippen LogP contribution in [0.4, 0.5) is 10.7 Å². The molecule has 1 amide bonds. The highest BCUT2D eigenvalue weighted by Gasteiger charge is 2.27. The summed E-state index contributed by atoms with van der Waals surface area (Å²) < 4.78 is 5.47. The normalized spacial score (nSPS) is 14.9. The molecule has 6 nitrogen and oxygen atoms in total. The van der Waals surface area contributed by atoms with Gasteiger partial charge in [0.1, 0.15) is 10.6 Å². The van der Waals surface area contributed by atoms with Gasteiger partial charge in [0.2, 0.25) is 5.95 Å². The molecule has 0 unspecified atom stereocenters. The summed E-state index contributed by atoms with van der Waals surface area (Å²) in [6.07, 6.45) is -0.257. The van der Waals surface area contributed by atoms with Gasteiger partial charge >= 0.3 is 6.09 Å². The Balaban J connectivity index is 1.65. The molecule has 150 valence electrons. The number of anilines is 1. The Kier molecular flexibility index (Phi) is 6.13. The Labute approximate surface area is 171 Å². The summed E-state index contributed by atoms with van der Waals surface area (Å²) in [5.74, 6) is 0.721. The standard InChI is InChI=1S/C21H28N4O2S/c1-15-6-8-17(9-7-15)28-18-14-16(2)22-19(23-18)24-10-12-25(13-11-24)20(26)27-21(3,4)5/h6-9,14H,10-13H2,1-5H3. The molecule has 1 aromatic heterocycles. The van der Waals surface area contributed by atoms with Gasteiger partial charge in [-0.3, -0.25) is 0 Å². The zero-order valence-corrected chi connectivity index (χ0v) is 18.0. The van der Waals surface area contributed by atoms with E-state index in [2.05, 4.69) is 41.1 Å². The molecule has 0 N–H and O–H groups in total. The number of rotatable bonds is 3. The van der Waals surface area contributed by atoms with Crippen molar-refractivity contribution in [2.45, 2.75) is 50.1 Å². The van der Waals surface area contributed by atoms with Crippen LogP contribution in [0, 0.1) is 13.8 Å². The van der Waals surface area contributed by atoms with Crippen LogP contribution in [0.15, 0.2) is 40.3 Å². The van der Waals surface area contributed by atoms with Gasteiger partial charge in [-0.15, -0.1) is 0 Å². The van der Waals surface area contributed by atoms with Crippen molar-refractivity contribution in [1.82, 2.24) is 14.9 Å². The highest BCUT2D eigenvalue weighted by Crippen LogP contribution is 2.28. The molecule has 0 radical (unpaired) electrons. The van der Waals surface area contributed by atoms with Gasteiger partial charge in [-0.2, -0.15) is 0 Å². The quantitative estimate of drug-likeness (QED) is 0.716. The van der Waals surface area contributed by atoms with Crippen molar-refractivity contribution in [2.75, 3.05) is 31.1 Å². The van der Waals surface area contributed by atoms with Crippen LogP contribution in [0.3, 0.4) is 0 Å². The fraction of sp³-hybridized carbons (Fsp3) is 0.476. The Morgan fingerprint density at radius 1 is 1.04 bits per heavy atom. The summed E-state index contributed by atoms with van der Waals surface area (Å²) >= 11 is 1.64. The molecule has 0 bridgehead atoms. The number of hydrogen-bond donors (Lipinski definition) is 0. The second kappa shape index (κ2) is 8.39. The van der Waals surface area contributed by atoms with E-state index in [1.165, 1.54) is 5.56 Å². The molecule has 28 heavy (non-hydrogen) atoms. The van der Waals surface area contributed by atoms with Crippen molar-refractivity contribution < 1.29 is 9.53 Å². The first-order valence-electron chi connectivity index (χ1n) is 9.53. The molecule has 3 rings (SSSR count). The summed E-state index contributed by atoms with van der Waals surface area (Å²) in [5.41, 5.74) is 1.71. The number of piperazine rings is 1. The van der Waals surface area contributed by atoms with Gasteiger partial charge in [0, 0.05) is 36.8 Å². The number of benzene rings is 1. The summed E-state index contributed by atoms with van der Waals surface area (Å²) in [5, 5.41) is 0.931. The van der Waals surface area contributed by atoms with Crippen molar-refractivity contribution in [2.24, 2.45) is 0 Å². The summed E-state index contributed by atoms with van der Waals surface area (Å²) in [6, 6.07) is 10.4. The lowest BCUT2D eigenvalue weighted by atomic mass is 10.2. The fourth-order valence-electron chi connectivity index (χ4n) is 2.86. The maximum absolute atomic E-state index is 12.2. The lowest BCUT2D eigenvalue weighted by molar-refractivity contribution is 0.0240. The van der Waals surface area contributed by atoms with Gasteiger partial charge in [0.15, 0.2) is 0 Å². The van der Waals surface area contributed by atoms with Gasteiger partial charge < -0.3 is 14.5 Å². The van der Waals surface area contributed by atoms with Crippen molar-refractivity contribution in [1.29, 1.82) is 0 Å². The molecule has 1 aromatic carbocycles.